The summed E-state index contributed by atoms with van der Waals surface area (Å²) in [5, 5.41) is 12.3. The summed E-state index contributed by atoms with van der Waals surface area (Å²) in [7, 11) is 0. The second-order valence-corrected chi connectivity index (χ2v) is 3.97. The number of carboxylic acids is 1. The van der Waals surface area contributed by atoms with Gasteiger partial charge in [-0.15, -0.1) is 0 Å². The molecule has 4 nitrogen and oxygen atoms in total. The van der Waals surface area contributed by atoms with Gasteiger partial charge in [0.05, 0.1) is 10.7 Å². The maximum Gasteiger partial charge on any atom is 0.326 e. The van der Waals surface area contributed by atoms with Crippen LogP contribution in [0.3, 0.4) is 0 Å². The zero-order valence-electron chi connectivity index (χ0n) is 8.57. The van der Waals surface area contributed by atoms with Crippen molar-refractivity contribution in [3.05, 3.63) is 23.5 Å². The summed E-state index contributed by atoms with van der Waals surface area (Å²) in [5.41, 5.74) is 0.591. The van der Waals surface area contributed by atoms with Gasteiger partial charge in [-0.25, -0.2) is 4.79 Å². The number of carboxylic acid groups (broad SMARTS) is 1. The average Bonchev–Trinajstić information content (AvgIpc) is 2.15. The minimum Gasteiger partial charge on any atom is -0.480 e. The van der Waals surface area contributed by atoms with Crippen molar-refractivity contribution in [2.45, 2.75) is 19.9 Å². The second kappa shape index (κ2) is 4.98. The quantitative estimate of drug-likeness (QED) is 0.830. The SMILES string of the molecule is CC(C)[C@H](Nc1ccncc1Cl)C(=O)O. The molecule has 0 radical (unpaired) electrons. The number of aliphatic carboxylic acids is 1. The lowest BCUT2D eigenvalue weighted by molar-refractivity contribution is -0.138. The molecule has 82 valence electrons. The summed E-state index contributed by atoms with van der Waals surface area (Å²) in [6.45, 7) is 3.67. The van der Waals surface area contributed by atoms with Crippen molar-refractivity contribution in [3.8, 4) is 0 Å². The summed E-state index contributed by atoms with van der Waals surface area (Å²) in [6.07, 6.45) is 3.04. The molecule has 2 N–H and O–H groups in total. The van der Waals surface area contributed by atoms with Crippen LogP contribution >= 0.6 is 11.6 Å². The van der Waals surface area contributed by atoms with E-state index in [1.54, 1.807) is 12.3 Å². The van der Waals surface area contributed by atoms with Crippen LogP contribution in [0.1, 0.15) is 13.8 Å². The highest BCUT2D eigenvalue weighted by molar-refractivity contribution is 6.33. The molecule has 0 aliphatic carbocycles. The molecular formula is C10H13ClN2O2. The Morgan fingerprint density at radius 1 is 1.60 bits per heavy atom. The molecule has 0 spiro atoms. The molecule has 0 bridgehead atoms. The molecule has 1 aromatic rings. The fourth-order valence-corrected chi connectivity index (χ4v) is 1.35. The van der Waals surface area contributed by atoms with Crippen LogP contribution in [-0.4, -0.2) is 22.1 Å². The fraction of sp³-hybridized carbons (Fsp3) is 0.400. The number of nitrogens with zero attached hydrogens (tertiary/aromatic N) is 1. The van der Waals surface area contributed by atoms with E-state index in [4.69, 9.17) is 16.7 Å². The van der Waals surface area contributed by atoms with E-state index in [-0.39, 0.29) is 5.92 Å². The maximum atomic E-state index is 10.9. The number of carbonyl (C=O) groups is 1. The standard InChI is InChI=1S/C10H13ClN2O2/c1-6(2)9(10(14)15)13-8-3-4-12-5-7(8)11/h3-6,9H,1-2H3,(H,12,13)(H,14,15)/t9-/m0/s1. The molecule has 5 heteroatoms. The van der Waals surface area contributed by atoms with E-state index in [9.17, 15) is 4.79 Å². The number of halogens is 1. The van der Waals surface area contributed by atoms with Gasteiger partial charge >= 0.3 is 5.97 Å². The van der Waals surface area contributed by atoms with Crippen LogP contribution in [0.5, 0.6) is 0 Å². The number of aromatic nitrogens is 1. The number of pyridine rings is 1. The van der Waals surface area contributed by atoms with Gasteiger partial charge in [-0.05, 0) is 12.0 Å². The van der Waals surface area contributed by atoms with Gasteiger partial charge in [0, 0.05) is 12.4 Å². The topological polar surface area (TPSA) is 62.2 Å². The highest BCUT2D eigenvalue weighted by atomic mass is 35.5. The molecule has 1 rings (SSSR count). The number of hydrogen-bond donors (Lipinski definition) is 2. The molecule has 0 aliphatic rings. The van der Waals surface area contributed by atoms with Crippen molar-refractivity contribution in [2.24, 2.45) is 5.92 Å². The third-order valence-corrected chi connectivity index (χ3v) is 2.32. The molecule has 1 aromatic heterocycles. The first-order valence-electron chi connectivity index (χ1n) is 4.61. The number of nitrogens with one attached hydrogen (secondary N) is 1. The summed E-state index contributed by atoms with van der Waals surface area (Å²) < 4.78 is 0. The van der Waals surface area contributed by atoms with Gasteiger partial charge in [0.25, 0.3) is 0 Å². The summed E-state index contributed by atoms with van der Waals surface area (Å²) >= 11 is 5.86. The van der Waals surface area contributed by atoms with Crippen LogP contribution in [0.25, 0.3) is 0 Å². The molecular weight excluding hydrogens is 216 g/mol. The average molecular weight is 229 g/mol. The van der Waals surface area contributed by atoms with Crippen LogP contribution in [0.2, 0.25) is 5.02 Å². The van der Waals surface area contributed by atoms with Gasteiger partial charge < -0.3 is 10.4 Å². The van der Waals surface area contributed by atoms with Crippen molar-refractivity contribution in [1.82, 2.24) is 4.98 Å². The molecule has 0 aromatic carbocycles. The van der Waals surface area contributed by atoms with Crippen LogP contribution in [0.4, 0.5) is 5.69 Å². The van der Waals surface area contributed by atoms with E-state index in [1.807, 2.05) is 13.8 Å². The van der Waals surface area contributed by atoms with E-state index in [0.717, 1.165) is 0 Å². The first-order valence-corrected chi connectivity index (χ1v) is 4.99. The van der Waals surface area contributed by atoms with Gasteiger partial charge in [0.2, 0.25) is 0 Å². The Bertz CT molecular complexity index is 355. The zero-order valence-corrected chi connectivity index (χ0v) is 9.32. The normalized spacial score (nSPS) is 12.5. The maximum absolute atomic E-state index is 10.9. The first-order chi connectivity index (χ1) is 7.02. The molecule has 1 atom stereocenters. The van der Waals surface area contributed by atoms with E-state index in [2.05, 4.69) is 10.3 Å². The van der Waals surface area contributed by atoms with Crippen LogP contribution < -0.4 is 5.32 Å². The van der Waals surface area contributed by atoms with Gasteiger partial charge in [-0.1, -0.05) is 25.4 Å². The minimum absolute atomic E-state index is 0.0215. The molecule has 15 heavy (non-hydrogen) atoms. The molecule has 0 aliphatic heterocycles. The lowest BCUT2D eigenvalue weighted by atomic mass is 10.0. The van der Waals surface area contributed by atoms with Crippen LogP contribution in [-0.2, 0) is 4.79 Å². The van der Waals surface area contributed by atoms with Gasteiger partial charge in [-0.3, -0.25) is 4.98 Å². The number of rotatable bonds is 4. The first kappa shape index (κ1) is 11.8. The van der Waals surface area contributed by atoms with Gasteiger partial charge in [0.15, 0.2) is 0 Å². The Morgan fingerprint density at radius 3 is 2.73 bits per heavy atom. The Hall–Kier alpha value is -1.29. The Kier molecular flexibility index (Phi) is 3.91. The fourth-order valence-electron chi connectivity index (χ4n) is 1.17. The molecule has 1 heterocycles. The second-order valence-electron chi connectivity index (χ2n) is 3.56. The van der Waals surface area contributed by atoms with E-state index in [1.165, 1.54) is 6.20 Å². The third kappa shape index (κ3) is 3.09. The molecule has 0 fully saturated rings. The van der Waals surface area contributed by atoms with Crippen LogP contribution in [0, 0.1) is 5.92 Å². The van der Waals surface area contributed by atoms with Crippen molar-refractivity contribution >= 4 is 23.3 Å². The van der Waals surface area contributed by atoms with Crippen molar-refractivity contribution in [3.63, 3.8) is 0 Å². The smallest absolute Gasteiger partial charge is 0.326 e. The Morgan fingerprint density at radius 2 is 2.27 bits per heavy atom. The molecule has 0 unspecified atom stereocenters. The molecule has 0 saturated carbocycles. The third-order valence-electron chi connectivity index (χ3n) is 2.02. The van der Waals surface area contributed by atoms with Gasteiger partial charge in [-0.2, -0.15) is 0 Å². The summed E-state index contributed by atoms with van der Waals surface area (Å²) in [5.74, 6) is -0.912. The van der Waals surface area contributed by atoms with E-state index in [0.29, 0.717) is 10.7 Å². The van der Waals surface area contributed by atoms with Crippen molar-refractivity contribution in [2.75, 3.05) is 5.32 Å². The van der Waals surface area contributed by atoms with E-state index >= 15 is 0 Å². The predicted molar refractivity (Wildman–Crippen MR) is 59.1 cm³/mol. The highest BCUT2D eigenvalue weighted by Crippen LogP contribution is 2.21. The van der Waals surface area contributed by atoms with E-state index < -0.39 is 12.0 Å². The number of anilines is 1. The Balaban J connectivity index is 2.84. The van der Waals surface area contributed by atoms with Crippen LogP contribution in [0.15, 0.2) is 18.5 Å². The van der Waals surface area contributed by atoms with Crippen molar-refractivity contribution < 1.29 is 9.90 Å². The molecule has 0 saturated heterocycles. The molecule has 0 amide bonds. The largest absolute Gasteiger partial charge is 0.480 e. The lowest BCUT2D eigenvalue weighted by Gasteiger charge is -2.19. The summed E-state index contributed by atoms with van der Waals surface area (Å²) in [6, 6.07) is 1.01. The van der Waals surface area contributed by atoms with Crippen molar-refractivity contribution in [1.29, 1.82) is 0 Å². The monoisotopic (exact) mass is 228 g/mol. The lowest BCUT2D eigenvalue weighted by Crippen LogP contribution is -2.34. The minimum atomic E-state index is -0.891. The number of hydrogen-bond acceptors (Lipinski definition) is 3. The highest BCUT2D eigenvalue weighted by Gasteiger charge is 2.21. The predicted octanol–water partition coefficient (Wildman–Crippen LogP) is 2.26. The van der Waals surface area contributed by atoms with Gasteiger partial charge in [0.1, 0.15) is 6.04 Å². The Labute approximate surface area is 93.3 Å². The summed E-state index contributed by atoms with van der Waals surface area (Å²) in [4.78, 5) is 14.8. The zero-order chi connectivity index (χ0) is 11.4.